The van der Waals surface area contributed by atoms with Crippen LogP contribution in [0.4, 0.5) is 13.2 Å². The first-order chi connectivity index (χ1) is 8.51. The smallest absolute Gasteiger partial charge is 0.242 e. The molecule has 0 fully saturated rings. The lowest BCUT2D eigenvalue weighted by Crippen LogP contribution is -2.41. The Balaban J connectivity index is 3.04. The van der Waals surface area contributed by atoms with Crippen molar-refractivity contribution >= 4 is 26.9 Å². The minimum Gasteiger partial charge on any atom is -0.242 e. The van der Waals surface area contributed by atoms with E-state index in [4.69, 9.17) is 0 Å². The summed E-state index contributed by atoms with van der Waals surface area (Å²) < 4.78 is 53.1. The lowest BCUT2D eigenvalue weighted by Gasteiger charge is -2.26. The zero-order chi connectivity index (χ0) is 14.8. The summed E-state index contributed by atoms with van der Waals surface area (Å²) in [4.78, 5) is 0. The number of nitrogens with one attached hydrogen (secondary N) is 1. The second-order valence-corrected chi connectivity index (χ2v) is 7.94. The highest BCUT2D eigenvalue weighted by Crippen LogP contribution is 2.34. The van der Waals surface area contributed by atoms with Crippen LogP contribution in [0.15, 0.2) is 28.7 Å². The van der Waals surface area contributed by atoms with Gasteiger partial charge in [-0.3, -0.25) is 0 Å². The summed E-state index contributed by atoms with van der Waals surface area (Å²) >= 11 is 3.17. The Kier molecular flexibility index (Phi) is 5.20. The van der Waals surface area contributed by atoms with Crippen molar-refractivity contribution in [2.45, 2.75) is 37.7 Å². The molecular formula is C12H15BrF3NOS. The van der Waals surface area contributed by atoms with E-state index in [-0.39, 0.29) is 5.56 Å². The number of hydrogen-bond acceptors (Lipinski definition) is 1. The van der Waals surface area contributed by atoms with Crippen LogP contribution in [-0.2, 0) is 11.0 Å². The highest BCUT2D eigenvalue weighted by Gasteiger charge is 2.42. The van der Waals surface area contributed by atoms with Crippen LogP contribution >= 0.6 is 15.9 Å². The molecule has 19 heavy (non-hydrogen) atoms. The Morgan fingerprint density at radius 2 is 1.63 bits per heavy atom. The Labute approximate surface area is 121 Å². The van der Waals surface area contributed by atoms with Crippen LogP contribution in [0.25, 0.3) is 0 Å². The third-order valence-corrected chi connectivity index (χ3v) is 4.40. The van der Waals surface area contributed by atoms with Crippen LogP contribution in [0, 0.1) is 0 Å². The van der Waals surface area contributed by atoms with Gasteiger partial charge in [-0.1, -0.05) is 28.1 Å². The molecule has 1 aromatic rings. The number of hydrogen-bond donors (Lipinski definition) is 1. The quantitative estimate of drug-likeness (QED) is 0.866. The number of halogens is 4. The second-order valence-electron chi connectivity index (χ2n) is 5.03. The van der Waals surface area contributed by atoms with E-state index in [0.717, 1.165) is 0 Å². The molecule has 0 heterocycles. The molecule has 1 rings (SSSR count). The molecule has 0 aliphatic heterocycles. The molecule has 108 valence electrons. The van der Waals surface area contributed by atoms with Gasteiger partial charge in [0.05, 0.1) is 15.7 Å². The molecule has 1 aromatic carbocycles. The van der Waals surface area contributed by atoms with E-state index in [1.165, 1.54) is 24.3 Å². The lowest BCUT2D eigenvalue weighted by atomic mass is 10.1. The monoisotopic (exact) mass is 357 g/mol. The number of alkyl halides is 3. The minimum atomic E-state index is -4.51. The van der Waals surface area contributed by atoms with Gasteiger partial charge in [-0.2, -0.15) is 13.2 Å². The fraction of sp³-hybridized carbons (Fsp3) is 0.500. The van der Waals surface area contributed by atoms with Crippen molar-refractivity contribution in [3.8, 4) is 0 Å². The van der Waals surface area contributed by atoms with Gasteiger partial charge >= 0.3 is 6.18 Å². The average Bonchev–Trinajstić information content (AvgIpc) is 2.24. The van der Waals surface area contributed by atoms with Crippen LogP contribution in [0.1, 0.15) is 32.4 Å². The second kappa shape index (κ2) is 5.93. The Morgan fingerprint density at radius 3 is 2.00 bits per heavy atom. The molecule has 0 saturated carbocycles. The van der Waals surface area contributed by atoms with Gasteiger partial charge in [0.25, 0.3) is 0 Å². The first-order valence-electron chi connectivity index (χ1n) is 5.52. The van der Waals surface area contributed by atoms with Crippen LogP contribution in [0.2, 0.25) is 0 Å². The Hall–Kier alpha value is -0.400. The molecule has 0 saturated heterocycles. The van der Waals surface area contributed by atoms with Crippen molar-refractivity contribution in [1.82, 2.24) is 4.72 Å². The number of rotatable bonds is 3. The number of benzene rings is 1. The lowest BCUT2D eigenvalue weighted by molar-refractivity contribution is -0.152. The van der Waals surface area contributed by atoms with Crippen LogP contribution in [0.3, 0.4) is 0 Å². The SMILES string of the molecule is CC(C)(C)[S@](=O)N[C@@H](c1ccc(Br)cc1)C(F)(F)F. The van der Waals surface area contributed by atoms with Crippen molar-refractivity contribution in [2.24, 2.45) is 0 Å². The van der Waals surface area contributed by atoms with E-state index in [0.29, 0.717) is 4.47 Å². The summed E-state index contributed by atoms with van der Waals surface area (Å²) in [5.41, 5.74) is 0.0355. The van der Waals surface area contributed by atoms with Gasteiger partial charge in [0.15, 0.2) is 0 Å². The van der Waals surface area contributed by atoms with Crippen molar-refractivity contribution in [3.63, 3.8) is 0 Å². The topological polar surface area (TPSA) is 29.1 Å². The summed E-state index contributed by atoms with van der Waals surface area (Å²) in [7, 11) is -1.80. The Morgan fingerprint density at radius 1 is 1.16 bits per heavy atom. The van der Waals surface area contributed by atoms with E-state index in [1.807, 2.05) is 0 Å². The molecule has 0 bridgehead atoms. The van der Waals surface area contributed by atoms with E-state index >= 15 is 0 Å². The zero-order valence-corrected chi connectivity index (χ0v) is 13.1. The molecule has 2 nitrogen and oxygen atoms in total. The van der Waals surface area contributed by atoms with Crippen molar-refractivity contribution in [2.75, 3.05) is 0 Å². The zero-order valence-electron chi connectivity index (χ0n) is 10.7. The van der Waals surface area contributed by atoms with Gasteiger partial charge in [0.1, 0.15) is 6.04 Å². The van der Waals surface area contributed by atoms with Gasteiger partial charge in [-0.15, -0.1) is 0 Å². The van der Waals surface area contributed by atoms with Gasteiger partial charge in [0.2, 0.25) is 0 Å². The molecule has 7 heteroatoms. The summed E-state index contributed by atoms with van der Waals surface area (Å²) in [6.45, 7) is 4.85. The summed E-state index contributed by atoms with van der Waals surface area (Å²) in [5.74, 6) is 0. The third-order valence-electron chi connectivity index (χ3n) is 2.31. The van der Waals surface area contributed by atoms with E-state index in [2.05, 4.69) is 20.7 Å². The Bertz CT molecular complexity index is 454. The van der Waals surface area contributed by atoms with Crippen molar-refractivity contribution in [3.05, 3.63) is 34.3 Å². The summed E-state index contributed by atoms with van der Waals surface area (Å²) in [6, 6.07) is 3.82. The van der Waals surface area contributed by atoms with Crippen molar-refractivity contribution < 1.29 is 17.4 Å². The average molecular weight is 358 g/mol. The van der Waals surface area contributed by atoms with Gasteiger partial charge in [-0.25, -0.2) is 8.93 Å². The predicted octanol–water partition coefficient (Wildman–Crippen LogP) is 4.10. The largest absolute Gasteiger partial charge is 0.408 e. The predicted molar refractivity (Wildman–Crippen MR) is 74.0 cm³/mol. The van der Waals surface area contributed by atoms with Crippen LogP contribution in [-0.4, -0.2) is 15.1 Å². The molecule has 0 unspecified atom stereocenters. The van der Waals surface area contributed by atoms with Crippen molar-refractivity contribution in [1.29, 1.82) is 0 Å². The maximum absolute atomic E-state index is 13.0. The van der Waals surface area contributed by atoms with E-state index in [9.17, 15) is 17.4 Å². The van der Waals surface area contributed by atoms with Crippen LogP contribution in [0.5, 0.6) is 0 Å². The fourth-order valence-corrected chi connectivity index (χ4v) is 2.36. The van der Waals surface area contributed by atoms with E-state index < -0.39 is 28.0 Å². The molecular weight excluding hydrogens is 343 g/mol. The van der Waals surface area contributed by atoms with Gasteiger partial charge in [-0.05, 0) is 38.5 Å². The maximum atomic E-state index is 13.0. The normalized spacial score (nSPS) is 16.2. The highest BCUT2D eigenvalue weighted by molar-refractivity contribution is 9.10. The summed E-state index contributed by atoms with van der Waals surface area (Å²) in [6.07, 6.45) is -4.51. The first kappa shape index (κ1) is 16.7. The third kappa shape index (κ3) is 4.89. The molecule has 1 N–H and O–H groups in total. The summed E-state index contributed by atoms with van der Waals surface area (Å²) in [5, 5.41) is 0. The first-order valence-corrected chi connectivity index (χ1v) is 7.46. The van der Waals surface area contributed by atoms with Gasteiger partial charge in [0, 0.05) is 4.47 Å². The maximum Gasteiger partial charge on any atom is 0.408 e. The fourth-order valence-electron chi connectivity index (χ4n) is 1.26. The van der Waals surface area contributed by atoms with E-state index in [1.54, 1.807) is 20.8 Å². The van der Waals surface area contributed by atoms with Crippen LogP contribution < -0.4 is 4.72 Å². The molecule has 0 spiro atoms. The highest BCUT2D eigenvalue weighted by atomic mass is 79.9. The standard InChI is InChI=1S/C12H15BrF3NOS/c1-11(2,3)19(18)17-10(12(14,15)16)8-4-6-9(13)7-5-8/h4-7,10,17H,1-3H3/t10-,19-/m0/s1. The molecule has 0 radical (unpaired) electrons. The molecule has 0 amide bonds. The molecule has 2 atom stereocenters. The molecule has 0 aromatic heterocycles. The van der Waals surface area contributed by atoms with Gasteiger partial charge < -0.3 is 0 Å². The molecule has 0 aliphatic rings. The molecule has 0 aliphatic carbocycles. The minimum absolute atomic E-state index is 0.0355.